The Kier molecular flexibility index (Phi) is 6.43. The second-order valence-electron chi connectivity index (χ2n) is 4.80. The van der Waals surface area contributed by atoms with Crippen LogP contribution >= 0.6 is 0 Å². The standard InChI is InChI=1S/C14H18N2O7/c1-4-9(3)11-6-10(15(18)19)7-12(16(20)21)14(11)23-8-13(17)22-5-2/h6-7,9H,4-5,8H2,1-3H3. The lowest BCUT2D eigenvalue weighted by molar-refractivity contribution is -0.394. The number of carbonyl (C=O) groups excluding carboxylic acids is 1. The maximum Gasteiger partial charge on any atom is 0.344 e. The van der Waals surface area contributed by atoms with Crippen LogP contribution < -0.4 is 4.74 Å². The summed E-state index contributed by atoms with van der Waals surface area (Å²) in [6.07, 6.45) is 0.591. The number of hydrogen-bond acceptors (Lipinski definition) is 7. The molecule has 0 aliphatic carbocycles. The third-order valence-electron chi connectivity index (χ3n) is 3.27. The number of hydrogen-bond donors (Lipinski definition) is 0. The molecular formula is C14H18N2O7. The third kappa shape index (κ3) is 4.63. The maximum absolute atomic E-state index is 11.4. The van der Waals surface area contributed by atoms with E-state index < -0.39 is 33.8 Å². The average molecular weight is 326 g/mol. The third-order valence-corrected chi connectivity index (χ3v) is 3.27. The second-order valence-corrected chi connectivity index (χ2v) is 4.80. The van der Waals surface area contributed by atoms with Crippen molar-refractivity contribution in [2.24, 2.45) is 0 Å². The van der Waals surface area contributed by atoms with E-state index in [4.69, 9.17) is 9.47 Å². The SMILES string of the molecule is CCOC(=O)COc1c(C(C)CC)cc([N+](=O)[O-])cc1[N+](=O)[O-]. The lowest BCUT2D eigenvalue weighted by Crippen LogP contribution is -2.16. The molecule has 0 fully saturated rings. The predicted octanol–water partition coefficient (Wildman–Crippen LogP) is 2.96. The van der Waals surface area contributed by atoms with Crippen LogP contribution in [-0.4, -0.2) is 29.0 Å². The number of non-ortho nitro benzene ring substituents is 1. The molecule has 1 unspecified atom stereocenters. The highest BCUT2D eigenvalue weighted by Gasteiger charge is 2.28. The number of benzene rings is 1. The Hall–Kier alpha value is -2.71. The fourth-order valence-electron chi connectivity index (χ4n) is 1.94. The van der Waals surface area contributed by atoms with Crippen LogP contribution in [0.5, 0.6) is 5.75 Å². The Morgan fingerprint density at radius 3 is 2.35 bits per heavy atom. The van der Waals surface area contributed by atoms with Crippen molar-refractivity contribution in [1.29, 1.82) is 0 Å². The van der Waals surface area contributed by atoms with Crippen molar-refractivity contribution in [2.75, 3.05) is 13.2 Å². The summed E-state index contributed by atoms with van der Waals surface area (Å²) in [7, 11) is 0. The highest BCUT2D eigenvalue weighted by molar-refractivity contribution is 5.71. The van der Waals surface area contributed by atoms with Crippen molar-refractivity contribution in [2.45, 2.75) is 33.1 Å². The summed E-state index contributed by atoms with van der Waals surface area (Å²) in [4.78, 5) is 32.1. The molecule has 0 spiro atoms. The zero-order valence-electron chi connectivity index (χ0n) is 13.1. The van der Waals surface area contributed by atoms with Gasteiger partial charge < -0.3 is 9.47 Å². The molecule has 0 bridgehead atoms. The molecule has 0 N–H and O–H groups in total. The molecule has 1 atom stereocenters. The van der Waals surface area contributed by atoms with Gasteiger partial charge in [0.25, 0.3) is 5.69 Å². The van der Waals surface area contributed by atoms with Crippen LogP contribution in [0.4, 0.5) is 11.4 Å². The summed E-state index contributed by atoms with van der Waals surface area (Å²) >= 11 is 0. The smallest absolute Gasteiger partial charge is 0.344 e. The van der Waals surface area contributed by atoms with E-state index in [1.807, 2.05) is 6.92 Å². The van der Waals surface area contributed by atoms with Crippen LogP contribution in [-0.2, 0) is 9.53 Å². The van der Waals surface area contributed by atoms with E-state index in [2.05, 4.69) is 0 Å². The van der Waals surface area contributed by atoms with Gasteiger partial charge in [0.1, 0.15) is 0 Å². The van der Waals surface area contributed by atoms with E-state index in [-0.39, 0.29) is 18.3 Å². The molecule has 0 saturated heterocycles. The molecule has 1 aromatic carbocycles. The normalized spacial score (nSPS) is 11.6. The molecule has 0 aromatic heterocycles. The molecule has 0 radical (unpaired) electrons. The van der Waals surface area contributed by atoms with E-state index in [1.54, 1.807) is 13.8 Å². The Morgan fingerprint density at radius 1 is 1.22 bits per heavy atom. The van der Waals surface area contributed by atoms with Crippen molar-refractivity contribution >= 4 is 17.3 Å². The van der Waals surface area contributed by atoms with Crippen LogP contribution in [0.1, 0.15) is 38.7 Å². The van der Waals surface area contributed by atoms with Gasteiger partial charge in [-0.15, -0.1) is 0 Å². The molecule has 0 saturated carbocycles. The first-order chi connectivity index (χ1) is 10.8. The van der Waals surface area contributed by atoms with Crippen molar-refractivity contribution in [3.8, 4) is 5.75 Å². The summed E-state index contributed by atoms with van der Waals surface area (Å²) in [5, 5.41) is 22.2. The van der Waals surface area contributed by atoms with Crippen LogP contribution in [0.15, 0.2) is 12.1 Å². The zero-order valence-corrected chi connectivity index (χ0v) is 13.1. The Labute approximate surface area is 132 Å². The summed E-state index contributed by atoms with van der Waals surface area (Å²) in [6, 6.07) is 2.06. The minimum absolute atomic E-state index is 0.136. The van der Waals surface area contributed by atoms with E-state index in [1.165, 1.54) is 6.07 Å². The van der Waals surface area contributed by atoms with Gasteiger partial charge >= 0.3 is 11.7 Å². The molecule has 0 aliphatic rings. The van der Waals surface area contributed by atoms with Gasteiger partial charge in [-0.2, -0.15) is 0 Å². The molecule has 0 amide bonds. The van der Waals surface area contributed by atoms with Crippen molar-refractivity contribution in [3.05, 3.63) is 37.9 Å². The fraction of sp³-hybridized carbons (Fsp3) is 0.500. The number of nitrogens with zero attached hydrogens (tertiary/aromatic N) is 2. The molecular weight excluding hydrogens is 308 g/mol. The Balaban J connectivity index is 3.34. The van der Waals surface area contributed by atoms with Gasteiger partial charge in [0.15, 0.2) is 6.61 Å². The first-order valence-electron chi connectivity index (χ1n) is 7.06. The molecule has 9 nitrogen and oxygen atoms in total. The minimum atomic E-state index is -0.765. The molecule has 1 aromatic rings. The predicted molar refractivity (Wildman–Crippen MR) is 80.6 cm³/mol. The van der Waals surface area contributed by atoms with E-state index in [9.17, 15) is 25.0 Å². The molecule has 0 aliphatic heterocycles. The van der Waals surface area contributed by atoms with Gasteiger partial charge in [-0.1, -0.05) is 13.8 Å². The van der Waals surface area contributed by atoms with Crippen LogP contribution in [0.25, 0.3) is 0 Å². The average Bonchev–Trinajstić information content (AvgIpc) is 2.51. The van der Waals surface area contributed by atoms with Crippen LogP contribution in [0.3, 0.4) is 0 Å². The van der Waals surface area contributed by atoms with Crippen LogP contribution in [0, 0.1) is 20.2 Å². The maximum atomic E-state index is 11.4. The summed E-state index contributed by atoms with van der Waals surface area (Å²) in [5.41, 5.74) is -0.619. The zero-order chi connectivity index (χ0) is 17.6. The summed E-state index contributed by atoms with van der Waals surface area (Å²) in [5.74, 6) is -1.02. The van der Waals surface area contributed by atoms with Gasteiger partial charge in [0, 0.05) is 11.6 Å². The highest BCUT2D eigenvalue weighted by atomic mass is 16.6. The second kappa shape index (κ2) is 8.06. The number of esters is 1. The van der Waals surface area contributed by atoms with Crippen molar-refractivity contribution in [3.63, 3.8) is 0 Å². The summed E-state index contributed by atoms with van der Waals surface area (Å²) < 4.78 is 9.97. The van der Waals surface area contributed by atoms with Gasteiger partial charge in [-0.25, -0.2) is 4.79 Å². The monoisotopic (exact) mass is 326 g/mol. The lowest BCUT2D eigenvalue weighted by atomic mass is 9.96. The van der Waals surface area contributed by atoms with Crippen LogP contribution in [0.2, 0.25) is 0 Å². The number of nitro groups is 2. The highest BCUT2D eigenvalue weighted by Crippen LogP contribution is 2.40. The number of nitro benzene ring substituents is 2. The largest absolute Gasteiger partial charge is 0.475 e. The number of ether oxygens (including phenoxy) is 2. The van der Waals surface area contributed by atoms with Gasteiger partial charge in [0.2, 0.25) is 5.75 Å². The molecule has 9 heteroatoms. The number of carbonyl (C=O) groups is 1. The lowest BCUT2D eigenvalue weighted by Gasteiger charge is -2.15. The van der Waals surface area contributed by atoms with E-state index in [0.717, 1.165) is 6.07 Å². The Morgan fingerprint density at radius 2 is 1.87 bits per heavy atom. The first kappa shape index (κ1) is 18.3. The van der Waals surface area contributed by atoms with Crippen molar-refractivity contribution < 1.29 is 24.1 Å². The van der Waals surface area contributed by atoms with Gasteiger partial charge in [-0.3, -0.25) is 20.2 Å². The van der Waals surface area contributed by atoms with Gasteiger partial charge in [-0.05, 0) is 19.3 Å². The quantitative estimate of drug-likeness (QED) is 0.409. The molecule has 1 rings (SSSR count). The van der Waals surface area contributed by atoms with Crippen molar-refractivity contribution in [1.82, 2.24) is 0 Å². The molecule has 23 heavy (non-hydrogen) atoms. The Bertz CT molecular complexity index is 615. The minimum Gasteiger partial charge on any atom is -0.475 e. The first-order valence-corrected chi connectivity index (χ1v) is 7.06. The number of rotatable bonds is 8. The van der Waals surface area contributed by atoms with E-state index in [0.29, 0.717) is 12.0 Å². The molecule has 126 valence electrons. The van der Waals surface area contributed by atoms with Gasteiger partial charge in [0.05, 0.1) is 22.5 Å². The summed E-state index contributed by atoms with van der Waals surface area (Å²) in [6.45, 7) is 4.87. The fourth-order valence-corrected chi connectivity index (χ4v) is 1.94. The van der Waals surface area contributed by atoms with E-state index >= 15 is 0 Å². The topological polar surface area (TPSA) is 122 Å². The molecule has 0 heterocycles.